The Kier molecular flexibility index (Phi) is 2.91. The Labute approximate surface area is 118 Å². The smallest absolute Gasteiger partial charge is 0.262 e. The summed E-state index contributed by atoms with van der Waals surface area (Å²) in [5, 5.41) is 7.89. The molecule has 0 amide bonds. The van der Waals surface area contributed by atoms with Crippen LogP contribution in [-0.4, -0.2) is 19.2 Å². The molecule has 0 unspecified atom stereocenters. The molecule has 0 aliphatic heterocycles. The van der Waals surface area contributed by atoms with E-state index >= 15 is 0 Å². The summed E-state index contributed by atoms with van der Waals surface area (Å²) in [5.74, 6) is 0.498. The van der Waals surface area contributed by atoms with Crippen LogP contribution in [0.15, 0.2) is 23.0 Å². The predicted molar refractivity (Wildman–Crippen MR) is 77.4 cm³/mol. The summed E-state index contributed by atoms with van der Waals surface area (Å²) >= 11 is 11.4. The lowest BCUT2D eigenvalue weighted by Gasteiger charge is -2.09. The largest absolute Gasteiger partial charge is 0.276 e. The van der Waals surface area contributed by atoms with Crippen LogP contribution in [0.2, 0.25) is 5.02 Å². The minimum Gasteiger partial charge on any atom is -0.276 e. The van der Waals surface area contributed by atoms with E-state index in [-0.39, 0.29) is 5.56 Å². The Morgan fingerprint density at radius 2 is 2.26 bits per heavy atom. The monoisotopic (exact) mass is 294 g/mol. The molecule has 1 N–H and O–H groups in total. The van der Waals surface area contributed by atoms with Crippen LogP contribution in [0.3, 0.4) is 0 Å². The number of aromatic nitrogens is 4. The molecule has 0 saturated heterocycles. The summed E-state index contributed by atoms with van der Waals surface area (Å²) < 4.78 is 3.76. The molecule has 3 aromatic rings. The number of nitrogens with one attached hydrogen (secondary N) is 1. The number of H-pyrrole nitrogens is 1. The van der Waals surface area contributed by atoms with E-state index in [9.17, 15) is 4.79 Å². The fourth-order valence-corrected chi connectivity index (χ4v) is 2.73. The fraction of sp³-hybridized carbons (Fsp3) is 0.250. The van der Waals surface area contributed by atoms with Crippen molar-refractivity contribution < 1.29 is 0 Å². The fourth-order valence-electron chi connectivity index (χ4n) is 2.25. The van der Waals surface area contributed by atoms with Crippen LogP contribution in [0.25, 0.3) is 16.7 Å². The number of hydrogen-bond acceptors (Lipinski definition) is 3. The second-order valence-electron chi connectivity index (χ2n) is 4.26. The molecule has 0 radical (unpaired) electrons. The zero-order valence-electron chi connectivity index (χ0n) is 10.2. The molecule has 0 spiro atoms. The third-order valence-electron chi connectivity index (χ3n) is 3.03. The molecule has 19 heavy (non-hydrogen) atoms. The number of halogens is 1. The Bertz CT molecular complexity index is 892. The van der Waals surface area contributed by atoms with Crippen molar-refractivity contribution in [2.45, 2.75) is 19.9 Å². The van der Waals surface area contributed by atoms with E-state index in [0.717, 1.165) is 6.42 Å². The van der Waals surface area contributed by atoms with Crippen molar-refractivity contribution in [1.82, 2.24) is 19.2 Å². The molecule has 0 saturated carbocycles. The lowest BCUT2D eigenvalue weighted by atomic mass is 10.2. The van der Waals surface area contributed by atoms with Gasteiger partial charge in [0.2, 0.25) is 10.5 Å². The normalized spacial score (nSPS) is 11.5. The zero-order chi connectivity index (χ0) is 13.6. The van der Waals surface area contributed by atoms with Crippen molar-refractivity contribution in [2.24, 2.45) is 0 Å². The average Bonchev–Trinajstić information content (AvgIpc) is 2.77. The topological polar surface area (TPSA) is 55.1 Å². The van der Waals surface area contributed by atoms with E-state index in [2.05, 4.69) is 10.2 Å². The van der Waals surface area contributed by atoms with Crippen LogP contribution in [0.1, 0.15) is 13.3 Å². The third-order valence-corrected chi connectivity index (χ3v) is 3.61. The molecule has 0 bridgehead atoms. The predicted octanol–water partition coefficient (Wildman–Crippen LogP) is 2.77. The average molecular weight is 295 g/mol. The molecule has 0 atom stereocenters. The van der Waals surface area contributed by atoms with Crippen LogP contribution >= 0.6 is 23.8 Å². The minimum absolute atomic E-state index is 0.0964. The summed E-state index contributed by atoms with van der Waals surface area (Å²) in [5.41, 5.74) is 0.510. The number of fused-ring (bicyclic) bond motifs is 3. The van der Waals surface area contributed by atoms with Crippen LogP contribution in [-0.2, 0) is 6.54 Å². The second kappa shape index (κ2) is 4.47. The van der Waals surface area contributed by atoms with Gasteiger partial charge in [-0.05, 0) is 30.8 Å². The van der Waals surface area contributed by atoms with Gasteiger partial charge in [0.05, 0.1) is 15.9 Å². The Hall–Kier alpha value is -1.66. The number of nitrogens with zero attached hydrogens (tertiary/aromatic N) is 3. The Balaban J connectivity index is 2.68. The maximum Gasteiger partial charge on any atom is 0.262 e. The van der Waals surface area contributed by atoms with Crippen molar-refractivity contribution in [3.8, 4) is 0 Å². The van der Waals surface area contributed by atoms with E-state index in [0.29, 0.717) is 33.0 Å². The first kappa shape index (κ1) is 12.4. The molecule has 2 heterocycles. The third kappa shape index (κ3) is 1.71. The first-order valence-corrected chi connectivity index (χ1v) is 6.72. The second-order valence-corrected chi connectivity index (χ2v) is 5.05. The number of hydrogen-bond donors (Lipinski definition) is 1. The van der Waals surface area contributed by atoms with Gasteiger partial charge in [0.25, 0.3) is 5.56 Å². The maximum atomic E-state index is 12.5. The van der Waals surface area contributed by atoms with E-state index in [1.807, 2.05) is 6.92 Å². The van der Waals surface area contributed by atoms with Crippen molar-refractivity contribution in [1.29, 1.82) is 0 Å². The molecule has 0 fully saturated rings. The van der Waals surface area contributed by atoms with Gasteiger partial charge in [-0.25, -0.2) is 5.10 Å². The highest BCUT2D eigenvalue weighted by molar-refractivity contribution is 7.71. The first-order chi connectivity index (χ1) is 9.15. The van der Waals surface area contributed by atoms with E-state index in [1.54, 1.807) is 27.2 Å². The highest BCUT2D eigenvalue weighted by Gasteiger charge is 2.14. The molecule has 2 aromatic heterocycles. The van der Waals surface area contributed by atoms with Crippen molar-refractivity contribution in [3.05, 3.63) is 38.3 Å². The summed E-state index contributed by atoms with van der Waals surface area (Å²) in [4.78, 5) is 12.5. The zero-order valence-corrected chi connectivity index (χ0v) is 11.8. The number of para-hydroxylation sites is 1. The van der Waals surface area contributed by atoms with Gasteiger partial charge < -0.3 is 0 Å². The number of rotatable bonds is 2. The van der Waals surface area contributed by atoms with E-state index in [4.69, 9.17) is 23.8 Å². The molecule has 1 aromatic carbocycles. The number of aryl methyl sites for hydroxylation is 1. The summed E-state index contributed by atoms with van der Waals surface area (Å²) in [6.45, 7) is 2.59. The molecule has 0 aliphatic carbocycles. The van der Waals surface area contributed by atoms with Gasteiger partial charge >= 0.3 is 0 Å². The Morgan fingerprint density at radius 1 is 1.47 bits per heavy atom. The standard InChI is InChI=1S/C12H11ClN4OS/c1-2-6-16-10(18)7-4-3-5-8(13)9(7)17-11(16)14-15-12(17)19/h3-5H,2,6H2,1H3,(H,15,19). The van der Waals surface area contributed by atoms with Gasteiger partial charge in [-0.15, -0.1) is 5.10 Å². The van der Waals surface area contributed by atoms with Crippen LogP contribution in [0.4, 0.5) is 0 Å². The highest BCUT2D eigenvalue weighted by Crippen LogP contribution is 2.22. The Morgan fingerprint density at radius 3 is 3.00 bits per heavy atom. The van der Waals surface area contributed by atoms with E-state index < -0.39 is 0 Å². The molecule has 98 valence electrons. The van der Waals surface area contributed by atoms with Gasteiger partial charge in [-0.1, -0.05) is 24.6 Å². The lowest BCUT2D eigenvalue weighted by Crippen LogP contribution is -2.23. The SMILES string of the molecule is CCCn1c(=O)c2cccc(Cl)c2n2c(=S)[nH]nc12. The van der Waals surface area contributed by atoms with Crippen molar-refractivity contribution in [2.75, 3.05) is 0 Å². The highest BCUT2D eigenvalue weighted by atomic mass is 35.5. The summed E-state index contributed by atoms with van der Waals surface area (Å²) in [6.07, 6.45) is 0.835. The van der Waals surface area contributed by atoms with Gasteiger partial charge in [-0.3, -0.25) is 13.8 Å². The van der Waals surface area contributed by atoms with Crippen LogP contribution in [0.5, 0.6) is 0 Å². The van der Waals surface area contributed by atoms with Crippen molar-refractivity contribution in [3.63, 3.8) is 0 Å². The van der Waals surface area contributed by atoms with Crippen LogP contribution in [0, 0.1) is 4.77 Å². The molecule has 0 aliphatic rings. The first-order valence-electron chi connectivity index (χ1n) is 5.93. The quantitative estimate of drug-likeness (QED) is 0.740. The molecule has 5 nitrogen and oxygen atoms in total. The van der Waals surface area contributed by atoms with Crippen LogP contribution < -0.4 is 5.56 Å². The molecular formula is C12H11ClN4OS. The lowest BCUT2D eigenvalue weighted by molar-refractivity contribution is 0.663. The summed E-state index contributed by atoms with van der Waals surface area (Å²) in [7, 11) is 0. The van der Waals surface area contributed by atoms with Gasteiger partial charge in [0, 0.05) is 6.54 Å². The summed E-state index contributed by atoms with van der Waals surface area (Å²) in [6, 6.07) is 5.25. The number of aromatic amines is 1. The van der Waals surface area contributed by atoms with E-state index in [1.165, 1.54) is 0 Å². The van der Waals surface area contributed by atoms with Gasteiger partial charge in [-0.2, -0.15) is 0 Å². The number of benzene rings is 1. The molecular weight excluding hydrogens is 284 g/mol. The molecule has 7 heteroatoms. The minimum atomic E-state index is -0.0964. The maximum absolute atomic E-state index is 12.5. The van der Waals surface area contributed by atoms with Gasteiger partial charge in [0.15, 0.2) is 0 Å². The van der Waals surface area contributed by atoms with Gasteiger partial charge in [0.1, 0.15) is 0 Å². The molecule has 3 rings (SSSR count). The van der Waals surface area contributed by atoms with Crippen molar-refractivity contribution >= 4 is 40.5 Å².